The Hall–Kier alpha value is -2.44. The van der Waals surface area contributed by atoms with Crippen LogP contribution in [0.5, 0.6) is 11.5 Å². The van der Waals surface area contributed by atoms with Crippen molar-refractivity contribution < 1.29 is 14.3 Å². The second-order valence-corrected chi connectivity index (χ2v) is 5.99. The van der Waals surface area contributed by atoms with E-state index in [0.29, 0.717) is 37.5 Å². The van der Waals surface area contributed by atoms with Crippen molar-refractivity contribution in [3.8, 4) is 11.5 Å². The SMILES string of the molecule is Cc1cc(NC(=O)C2(N)CCOCC2)ccc1Oc1cccnc1. The van der Waals surface area contributed by atoms with Gasteiger partial charge in [0.15, 0.2) is 0 Å². The molecule has 0 unspecified atom stereocenters. The largest absolute Gasteiger partial charge is 0.455 e. The summed E-state index contributed by atoms with van der Waals surface area (Å²) in [5.74, 6) is 1.21. The van der Waals surface area contributed by atoms with E-state index >= 15 is 0 Å². The topological polar surface area (TPSA) is 86.5 Å². The minimum atomic E-state index is -0.864. The van der Waals surface area contributed by atoms with Crippen LogP contribution in [0.15, 0.2) is 42.7 Å². The number of hydrogen-bond donors (Lipinski definition) is 2. The number of ether oxygens (including phenoxy) is 2. The number of aromatic nitrogens is 1. The molecule has 0 bridgehead atoms. The van der Waals surface area contributed by atoms with Gasteiger partial charge in [-0.3, -0.25) is 9.78 Å². The molecule has 0 atom stereocenters. The minimum absolute atomic E-state index is 0.175. The third kappa shape index (κ3) is 3.72. The molecule has 3 N–H and O–H groups in total. The summed E-state index contributed by atoms with van der Waals surface area (Å²) in [5.41, 5.74) is 6.95. The van der Waals surface area contributed by atoms with Gasteiger partial charge in [0.2, 0.25) is 5.91 Å². The molecule has 0 radical (unpaired) electrons. The van der Waals surface area contributed by atoms with Crippen molar-refractivity contribution in [1.82, 2.24) is 4.98 Å². The number of carbonyl (C=O) groups is 1. The molecule has 6 nitrogen and oxygen atoms in total. The Kier molecular flexibility index (Phi) is 4.78. The Morgan fingerprint density at radius 2 is 2.12 bits per heavy atom. The normalized spacial score (nSPS) is 16.4. The summed E-state index contributed by atoms with van der Waals surface area (Å²) in [7, 11) is 0. The predicted molar refractivity (Wildman–Crippen MR) is 91.1 cm³/mol. The first kappa shape index (κ1) is 16.4. The fraction of sp³-hybridized carbons (Fsp3) is 0.333. The Bertz CT molecular complexity index is 713. The average Bonchev–Trinajstić information content (AvgIpc) is 2.59. The van der Waals surface area contributed by atoms with Crippen LogP contribution in [0.4, 0.5) is 5.69 Å². The quantitative estimate of drug-likeness (QED) is 0.901. The van der Waals surface area contributed by atoms with Crippen molar-refractivity contribution in [2.45, 2.75) is 25.3 Å². The molecule has 1 aromatic heterocycles. The number of benzene rings is 1. The summed E-state index contributed by atoms with van der Waals surface area (Å²) in [6.07, 6.45) is 4.40. The summed E-state index contributed by atoms with van der Waals surface area (Å²) in [4.78, 5) is 16.5. The molecule has 1 fully saturated rings. The molecule has 6 heteroatoms. The first-order valence-corrected chi connectivity index (χ1v) is 7.93. The molecule has 1 aliphatic heterocycles. The van der Waals surface area contributed by atoms with E-state index in [2.05, 4.69) is 10.3 Å². The van der Waals surface area contributed by atoms with Crippen LogP contribution in [0.3, 0.4) is 0 Å². The van der Waals surface area contributed by atoms with Crippen LogP contribution in [0, 0.1) is 6.92 Å². The van der Waals surface area contributed by atoms with Gasteiger partial charge in [0, 0.05) is 25.1 Å². The highest BCUT2D eigenvalue weighted by molar-refractivity contribution is 5.98. The minimum Gasteiger partial charge on any atom is -0.455 e. The van der Waals surface area contributed by atoms with E-state index in [-0.39, 0.29) is 5.91 Å². The lowest BCUT2D eigenvalue weighted by Gasteiger charge is -2.31. The molecule has 1 amide bonds. The standard InChI is InChI=1S/C18H21N3O3/c1-13-11-14(21-17(22)18(19)6-9-23-10-7-18)4-5-16(13)24-15-3-2-8-20-12-15/h2-5,8,11-12H,6-7,9-10,19H2,1H3,(H,21,22). The average molecular weight is 327 g/mol. The number of nitrogens with one attached hydrogen (secondary N) is 1. The van der Waals surface area contributed by atoms with Crippen LogP contribution in [-0.4, -0.2) is 29.6 Å². The summed E-state index contributed by atoms with van der Waals surface area (Å²) in [6.45, 7) is 2.95. The molecule has 24 heavy (non-hydrogen) atoms. The lowest BCUT2D eigenvalue weighted by Crippen LogP contribution is -2.54. The van der Waals surface area contributed by atoms with Gasteiger partial charge in [-0.1, -0.05) is 0 Å². The van der Waals surface area contributed by atoms with Crippen molar-refractivity contribution in [3.63, 3.8) is 0 Å². The number of anilines is 1. The van der Waals surface area contributed by atoms with E-state index in [9.17, 15) is 4.79 Å². The zero-order valence-corrected chi connectivity index (χ0v) is 13.6. The number of hydrogen-bond acceptors (Lipinski definition) is 5. The van der Waals surface area contributed by atoms with Gasteiger partial charge in [0.25, 0.3) is 0 Å². The summed E-state index contributed by atoms with van der Waals surface area (Å²) < 4.78 is 11.1. The van der Waals surface area contributed by atoms with Crippen LogP contribution >= 0.6 is 0 Å². The maximum absolute atomic E-state index is 12.4. The molecule has 126 valence electrons. The van der Waals surface area contributed by atoms with Gasteiger partial charge in [0.05, 0.1) is 6.20 Å². The molecular weight excluding hydrogens is 306 g/mol. The molecule has 0 spiro atoms. The van der Waals surface area contributed by atoms with E-state index in [4.69, 9.17) is 15.2 Å². The van der Waals surface area contributed by atoms with E-state index in [1.165, 1.54) is 0 Å². The van der Waals surface area contributed by atoms with Crippen molar-refractivity contribution in [2.24, 2.45) is 5.73 Å². The Balaban J connectivity index is 1.69. The highest BCUT2D eigenvalue weighted by atomic mass is 16.5. The first-order valence-electron chi connectivity index (χ1n) is 7.93. The second kappa shape index (κ2) is 6.98. The molecule has 2 heterocycles. The van der Waals surface area contributed by atoms with Crippen LogP contribution in [0.1, 0.15) is 18.4 Å². The van der Waals surface area contributed by atoms with E-state index in [0.717, 1.165) is 11.3 Å². The monoisotopic (exact) mass is 327 g/mol. The number of nitrogens with zero attached hydrogens (tertiary/aromatic N) is 1. The maximum atomic E-state index is 12.4. The molecule has 1 aliphatic rings. The Morgan fingerprint density at radius 1 is 1.33 bits per heavy atom. The molecule has 1 saturated heterocycles. The fourth-order valence-electron chi connectivity index (χ4n) is 2.59. The molecular formula is C18H21N3O3. The van der Waals surface area contributed by atoms with Crippen LogP contribution in [-0.2, 0) is 9.53 Å². The second-order valence-electron chi connectivity index (χ2n) is 5.99. The first-order chi connectivity index (χ1) is 11.6. The van der Waals surface area contributed by atoms with Crippen LogP contribution in [0.25, 0.3) is 0 Å². The lowest BCUT2D eigenvalue weighted by molar-refractivity contribution is -0.124. The van der Waals surface area contributed by atoms with E-state index in [1.54, 1.807) is 18.5 Å². The highest BCUT2D eigenvalue weighted by Gasteiger charge is 2.35. The number of aryl methyl sites for hydroxylation is 1. The Labute approximate surface area is 141 Å². The number of carbonyl (C=O) groups excluding carboxylic acids is 1. The third-order valence-corrected chi connectivity index (χ3v) is 4.13. The number of nitrogens with two attached hydrogens (primary N) is 1. The van der Waals surface area contributed by atoms with Gasteiger partial charge in [-0.2, -0.15) is 0 Å². The smallest absolute Gasteiger partial charge is 0.244 e. The van der Waals surface area contributed by atoms with Crippen LogP contribution in [0.2, 0.25) is 0 Å². The van der Waals surface area contributed by atoms with E-state index in [1.807, 2.05) is 31.2 Å². The highest BCUT2D eigenvalue weighted by Crippen LogP contribution is 2.27. The number of rotatable bonds is 4. The summed E-state index contributed by atoms with van der Waals surface area (Å²) >= 11 is 0. The zero-order valence-electron chi connectivity index (χ0n) is 13.6. The van der Waals surface area contributed by atoms with E-state index < -0.39 is 5.54 Å². The van der Waals surface area contributed by atoms with Gasteiger partial charge in [-0.15, -0.1) is 0 Å². The van der Waals surface area contributed by atoms with Crippen molar-refractivity contribution in [3.05, 3.63) is 48.3 Å². The number of pyridine rings is 1. The van der Waals surface area contributed by atoms with Crippen molar-refractivity contribution >= 4 is 11.6 Å². The van der Waals surface area contributed by atoms with Gasteiger partial charge in [0.1, 0.15) is 17.0 Å². The van der Waals surface area contributed by atoms with Crippen molar-refractivity contribution in [2.75, 3.05) is 18.5 Å². The maximum Gasteiger partial charge on any atom is 0.244 e. The van der Waals surface area contributed by atoms with Gasteiger partial charge in [-0.05, 0) is 55.7 Å². The molecule has 1 aromatic carbocycles. The number of amides is 1. The molecule has 3 rings (SSSR count). The summed E-state index contributed by atoms with van der Waals surface area (Å²) in [6, 6.07) is 9.15. The Morgan fingerprint density at radius 3 is 2.79 bits per heavy atom. The van der Waals surface area contributed by atoms with Crippen LogP contribution < -0.4 is 15.8 Å². The van der Waals surface area contributed by atoms with Crippen molar-refractivity contribution in [1.29, 1.82) is 0 Å². The predicted octanol–water partition coefficient (Wildman–Crippen LogP) is 2.63. The molecule has 0 saturated carbocycles. The lowest BCUT2D eigenvalue weighted by atomic mass is 9.90. The van der Waals surface area contributed by atoms with Gasteiger partial charge in [-0.25, -0.2) is 0 Å². The fourth-order valence-corrected chi connectivity index (χ4v) is 2.59. The molecule has 0 aliphatic carbocycles. The van der Waals surface area contributed by atoms with Gasteiger partial charge < -0.3 is 20.5 Å². The zero-order chi connectivity index (χ0) is 17.0. The third-order valence-electron chi connectivity index (χ3n) is 4.13. The summed E-state index contributed by atoms with van der Waals surface area (Å²) in [5, 5.41) is 2.90. The molecule has 2 aromatic rings. The van der Waals surface area contributed by atoms with Gasteiger partial charge >= 0.3 is 0 Å².